The van der Waals surface area contributed by atoms with Gasteiger partial charge in [0.2, 0.25) is 5.91 Å². The molecule has 0 atom stereocenters. The third kappa shape index (κ3) is 5.17. The first-order valence-electron chi connectivity index (χ1n) is 6.96. The van der Waals surface area contributed by atoms with E-state index in [0.717, 1.165) is 5.56 Å². The van der Waals surface area contributed by atoms with Gasteiger partial charge in [-0.2, -0.15) is 0 Å². The molecule has 0 bridgehead atoms. The number of anilines is 1. The fourth-order valence-electron chi connectivity index (χ4n) is 2.00. The Hall–Kier alpha value is -2.21. The lowest BCUT2D eigenvalue weighted by molar-refractivity contribution is -0.113. The largest absolute Gasteiger partial charge is 0.493 e. The summed E-state index contributed by atoms with van der Waals surface area (Å²) in [5.74, 6) is 1.63. The number of benzene rings is 2. The lowest BCUT2D eigenvalue weighted by atomic mass is 10.2. The van der Waals surface area contributed by atoms with Crippen LogP contribution in [0, 0.1) is 5.82 Å². The molecule has 2 rings (SSSR count). The van der Waals surface area contributed by atoms with Gasteiger partial charge in [0.05, 0.1) is 20.0 Å². The van der Waals surface area contributed by atoms with Crippen LogP contribution in [0.4, 0.5) is 10.1 Å². The van der Waals surface area contributed by atoms with E-state index in [1.807, 2.05) is 6.07 Å². The fraction of sp³-hybridized carbons (Fsp3) is 0.235. The number of hydrogen-bond acceptors (Lipinski definition) is 4. The van der Waals surface area contributed by atoms with Crippen LogP contribution in [0.2, 0.25) is 0 Å². The second-order valence-electron chi connectivity index (χ2n) is 4.74. The molecule has 23 heavy (non-hydrogen) atoms. The van der Waals surface area contributed by atoms with Crippen molar-refractivity contribution in [1.82, 2.24) is 0 Å². The third-order valence-corrected chi connectivity index (χ3v) is 4.06. The number of ether oxygens (including phenoxy) is 2. The number of thioether (sulfide) groups is 1. The highest BCUT2D eigenvalue weighted by Gasteiger charge is 2.08. The summed E-state index contributed by atoms with van der Waals surface area (Å²) in [6.07, 6.45) is 0. The van der Waals surface area contributed by atoms with Gasteiger partial charge in [0.25, 0.3) is 0 Å². The minimum atomic E-state index is -0.266. The summed E-state index contributed by atoms with van der Waals surface area (Å²) in [5, 5.41) is 2.80. The minimum Gasteiger partial charge on any atom is -0.493 e. The van der Waals surface area contributed by atoms with Gasteiger partial charge in [-0.3, -0.25) is 4.79 Å². The van der Waals surface area contributed by atoms with Crippen LogP contribution in [0.5, 0.6) is 11.5 Å². The SMILES string of the molecule is COc1ccc(NC(=O)CSCc2cccc(F)c2)cc1OC. The second-order valence-corrected chi connectivity index (χ2v) is 5.73. The number of methoxy groups -OCH3 is 2. The molecular formula is C17H18FNO3S. The van der Waals surface area contributed by atoms with Crippen LogP contribution in [-0.2, 0) is 10.5 Å². The van der Waals surface area contributed by atoms with Crippen LogP contribution >= 0.6 is 11.8 Å². The Bertz CT molecular complexity index is 679. The summed E-state index contributed by atoms with van der Waals surface area (Å²) in [6.45, 7) is 0. The molecular weight excluding hydrogens is 317 g/mol. The first kappa shape index (κ1) is 17.1. The number of halogens is 1. The van der Waals surface area contributed by atoms with Crippen molar-refractivity contribution in [3.05, 3.63) is 53.8 Å². The van der Waals surface area contributed by atoms with E-state index < -0.39 is 0 Å². The van der Waals surface area contributed by atoms with Gasteiger partial charge >= 0.3 is 0 Å². The van der Waals surface area contributed by atoms with Crippen molar-refractivity contribution in [1.29, 1.82) is 0 Å². The van der Waals surface area contributed by atoms with Crippen LogP contribution in [0.15, 0.2) is 42.5 Å². The van der Waals surface area contributed by atoms with Crippen LogP contribution in [0.25, 0.3) is 0 Å². The number of amides is 1. The lowest BCUT2D eigenvalue weighted by Crippen LogP contribution is -2.14. The van der Waals surface area contributed by atoms with Crippen molar-refractivity contribution in [3.63, 3.8) is 0 Å². The van der Waals surface area contributed by atoms with Crippen molar-refractivity contribution in [2.75, 3.05) is 25.3 Å². The first-order chi connectivity index (χ1) is 11.1. The van der Waals surface area contributed by atoms with Gasteiger partial charge in [-0.25, -0.2) is 4.39 Å². The standard InChI is InChI=1S/C17H18FNO3S/c1-21-15-7-6-14(9-16(15)22-2)19-17(20)11-23-10-12-4-3-5-13(18)8-12/h3-9H,10-11H2,1-2H3,(H,19,20). The molecule has 0 saturated heterocycles. The van der Waals surface area contributed by atoms with E-state index in [2.05, 4.69) is 5.32 Å². The third-order valence-electron chi connectivity index (χ3n) is 3.06. The number of carbonyl (C=O) groups is 1. The zero-order chi connectivity index (χ0) is 16.7. The molecule has 122 valence electrons. The van der Waals surface area contributed by atoms with Crippen molar-refractivity contribution < 1.29 is 18.7 Å². The van der Waals surface area contributed by atoms with E-state index in [-0.39, 0.29) is 17.5 Å². The number of hydrogen-bond donors (Lipinski definition) is 1. The monoisotopic (exact) mass is 335 g/mol. The summed E-state index contributed by atoms with van der Waals surface area (Å²) in [7, 11) is 3.09. The van der Waals surface area contributed by atoms with Gasteiger partial charge in [-0.15, -0.1) is 11.8 Å². The molecule has 0 heterocycles. The van der Waals surface area contributed by atoms with Gasteiger partial charge in [-0.05, 0) is 29.8 Å². The quantitative estimate of drug-likeness (QED) is 0.838. The molecule has 0 radical (unpaired) electrons. The molecule has 0 unspecified atom stereocenters. The van der Waals surface area contributed by atoms with Crippen molar-refractivity contribution in [3.8, 4) is 11.5 Å². The van der Waals surface area contributed by atoms with Gasteiger partial charge in [0, 0.05) is 17.5 Å². The Kier molecular flexibility index (Phi) is 6.29. The highest BCUT2D eigenvalue weighted by atomic mass is 32.2. The lowest BCUT2D eigenvalue weighted by Gasteiger charge is -2.10. The normalized spacial score (nSPS) is 10.2. The summed E-state index contributed by atoms with van der Waals surface area (Å²) in [4.78, 5) is 11.9. The van der Waals surface area contributed by atoms with E-state index in [4.69, 9.17) is 9.47 Å². The van der Waals surface area contributed by atoms with Gasteiger partial charge in [-0.1, -0.05) is 12.1 Å². The Labute approximate surface area is 139 Å². The average molecular weight is 335 g/mol. The van der Waals surface area contributed by atoms with Crippen molar-refractivity contribution in [2.24, 2.45) is 0 Å². The molecule has 0 fully saturated rings. The predicted octanol–water partition coefficient (Wildman–Crippen LogP) is 3.71. The molecule has 2 aromatic carbocycles. The second kappa shape index (κ2) is 8.43. The smallest absolute Gasteiger partial charge is 0.234 e. The number of rotatable bonds is 7. The molecule has 0 aliphatic rings. The molecule has 1 N–H and O–H groups in total. The van der Waals surface area contributed by atoms with E-state index in [0.29, 0.717) is 22.9 Å². The van der Waals surface area contributed by atoms with Crippen LogP contribution in [0.3, 0.4) is 0 Å². The summed E-state index contributed by atoms with van der Waals surface area (Å²) in [6, 6.07) is 11.5. The maximum atomic E-state index is 13.1. The van der Waals surface area contributed by atoms with Crippen molar-refractivity contribution in [2.45, 2.75) is 5.75 Å². The van der Waals surface area contributed by atoms with E-state index in [1.54, 1.807) is 31.4 Å². The Balaban J connectivity index is 1.85. The zero-order valence-corrected chi connectivity index (χ0v) is 13.8. The van der Waals surface area contributed by atoms with Gasteiger partial charge in [0.1, 0.15) is 5.82 Å². The molecule has 4 nitrogen and oxygen atoms in total. The molecule has 0 saturated carbocycles. The van der Waals surface area contributed by atoms with Crippen LogP contribution in [-0.4, -0.2) is 25.9 Å². The van der Waals surface area contributed by atoms with Crippen molar-refractivity contribution >= 4 is 23.4 Å². The predicted molar refractivity (Wildman–Crippen MR) is 90.7 cm³/mol. The number of carbonyl (C=O) groups excluding carboxylic acids is 1. The average Bonchev–Trinajstić information content (AvgIpc) is 2.54. The fourth-order valence-corrected chi connectivity index (χ4v) is 2.77. The van der Waals surface area contributed by atoms with Gasteiger partial charge in [0.15, 0.2) is 11.5 Å². The highest BCUT2D eigenvalue weighted by molar-refractivity contribution is 7.99. The molecule has 2 aromatic rings. The molecule has 0 aliphatic carbocycles. The summed E-state index contributed by atoms with van der Waals surface area (Å²) >= 11 is 1.43. The zero-order valence-electron chi connectivity index (χ0n) is 13.0. The molecule has 0 aliphatic heterocycles. The Morgan fingerprint density at radius 1 is 1.13 bits per heavy atom. The molecule has 0 spiro atoms. The molecule has 0 aromatic heterocycles. The summed E-state index contributed by atoms with van der Waals surface area (Å²) in [5.41, 5.74) is 1.49. The van der Waals surface area contributed by atoms with Crippen LogP contribution < -0.4 is 14.8 Å². The topological polar surface area (TPSA) is 47.6 Å². The molecule has 6 heteroatoms. The Morgan fingerprint density at radius 2 is 1.91 bits per heavy atom. The minimum absolute atomic E-state index is 0.126. The van der Waals surface area contributed by atoms with E-state index in [1.165, 1.54) is 31.0 Å². The van der Waals surface area contributed by atoms with E-state index in [9.17, 15) is 9.18 Å². The molecule has 1 amide bonds. The van der Waals surface area contributed by atoms with E-state index >= 15 is 0 Å². The van der Waals surface area contributed by atoms with Crippen LogP contribution in [0.1, 0.15) is 5.56 Å². The summed E-state index contributed by atoms with van der Waals surface area (Å²) < 4.78 is 23.4. The number of nitrogens with one attached hydrogen (secondary N) is 1. The Morgan fingerprint density at radius 3 is 2.61 bits per heavy atom. The maximum absolute atomic E-state index is 13.1. The van der Waals surface area contributed by atoms with Gasteiger partial charge < -0.3 is 14.8 Å². The first-order valence-corrected chi connectivity index (χ1v) is 8.12. The maximum Gasteiger partial charge on any atom is 0.234 e. The highest BCUT2D eigenvalue weighted by Crippen LogP contribution is 2.29.